The Bertz CT molecular complexity index is 337. The van der Waals surface area contributed by atoms with Crippen molar-refractivity contribution in [1.82, 2.24) is 4.90 Å². The summed E-state index contributed by atoms with van der Waals surface area (Å²) in [7, 11) is 0. The van der Waals surface area contributed by atoms with Crippen LogP contribution in [-0.2, 0) is 13.1 Å². The van der Waals surface area contributed by atoms with Crippen molar-refractivity contribution in [3.05, 3.63) is 35.4 Å². The van der Waals surface area contributed by atoms with Gasteiger partial charge in [-0.3, -0.25) is 4.90 Å². The third kappa shape index (κ3) is 2.70. The summed E-state index contributed by atoms with van der Waals surface area (Å²) in [6.45, 7) is 7.51. The summed E-state index contributed by atoms with van der Waals surface area (Å²) in [5.41, 5.74) is 8.94. The molecule has 1 aromatic rings. The van der Waals surface area contributed by atoms with Gasteiger partial charge < -0.3 is 5.73 Å². The zero-order valence-corrected chi connectivity index (χ0v) is 11.0. The van der Waals surface area contributed by atoms with Crippen LogP contribution in [0.25, 0.3) is 0 Å². The molecule has 0 saturated heterocycles. The Balaban J connectivity index is 2.05. The summed E-state index contributed by atoms with van der Waals surface area (Å²) in [5, 5.41) is 0. The van der Waals surface area contributed by atoms with Crippen LogP contribution in [0.2, 0.25) is 0 Å². The van der Waals surface area contributed by atoms with Gasteiger partial charge in [-0.05, 0) is 23.5 Å². The van der Waals surface area contributed by atoms with Crippen LogP contribution in [0.1, 0.15) is 37.8 Å². The summed E-state index contributed by atoms with van der Waals surface area (Å²) in [5.74, 6) is 0.694. The van der Waals surface area contributed by atoms with Crippen LogP contribution < -0.4 is 5.73 Å². The van der Waals surface area contributed by atoms with Gasteiger partial charge >= 0.3 is 0 Å². The van der Waals surface area contributed by atoms with E-state index in [-0.39, 0.29) is 0 Å². The van der Waals surface area contributed by atoms with E-state index in [2.05, 4.69) is 43.0 Å². The lowest BCUT2D eigenvalue weighted by atomic mass is 9.96. The molecule has 0 saturated carbocycles. The quantitative estimate of drug-likeness (QED) is 0.846. The van der Waals surface area contributed by atoms with Crippen molar-refractivity contribution in [1.29, 1.82) is 0 Å². The monoisotopic (exact) mass is 232 g/mol. The van der Waals surface area contributed by atoms with Crippen LogP contribution in [0.5, 0.6) is 0 Å². The first kappa shape index (κ1) is 12.6. The molecule has 1 heterocycles. The van der Waals surface area contributed by atoms with E-state index in [1.54, 1.807) is 0 Å². The average molecular weight is 232 g/mol. The molecule has 1 aliphatic heterocycles. The molecule has 2 atom stereocenters. The Labute approximate surface area is 105 Å². The predicted octanol–water partition coefficient (Wildman–Crippen LogP) is 2.77. The van der Waals surface area contributed by atoms with Crippen LogP contribution in [0.15, 0.2) is 24.3 Å². The molecule has 0 amide bonds. The highest BCUT2D eigenvalue weighted by atomic mass is 15.2. The highest BCUT2D eigenvalue weighted by Gasteiger charge is 2.27. The third-order valence-electron chi connectivity index (χ3n) is 3.98. The molecule has 2 unspecified atom stereocenters. The van der Waals surface area contributed by atoms with E-state index in [0.29, 0.717) is 12.0 Å². The maximum atomic E-state index is 5.98. The fraction of sp³-hybridized carbons (Fsp3) is 0.600. The van der Waals surface area contributed by atoms with E-state index < -0.39 is 0 Å². The van der Waals surface area contributed by atoms with E-state index in [9.17, 15) is 0 Å². The highest BCUT2D eigenvalue weighted by molar-refractivity contribution is 5.30. The molecule has 94 valence electrons. The van der Waals surface area contributed by atoms with Crippen LogP contribution >= 0.6 is 0 Å². The van der Waals surface area contributed by atoms with Crippen LogP contribution in [-0.4, -0.2) is 17.5 Å². The Morgan fingerprint density at radius 2 is 1.82 bits per heavy atom. The summed E-state index contributed by atoms with van der Waals surface area (Å²) >= 11 is 0. The Kier molecular flexibility index (Phi) is 4.19. The maximum absolute atomic E-state index is 5.98. The first-order chi connectivity index (χ1) is 8.26. The maximum Gasteiger partial charge on any atom is 0.0251 e. The molecule has 2 N–H and O–H groups in total. The standard InChI is InChI=1S/C15H24N2/c1-3-6-12(2)15(9-16)17-10-13-7-4-5-8-14(13)11-17/h4-5,7-8,12,15H,3,6,9-11,16H2,1-2H3. The summed E-state index contributed by atoms with van der Waals surface area (Å²) in [6.07, 6.45) is 2.52. The molecular weight excluding hydrogens is 208 g/mol. The SMILES string of the molecule is CCCC(C)C(CN)N1Cc2ccccc2C1. The molecule has 0 aromatic heterocycles. The Morgan fingerprint density at radius 3 is 2.29 bits per heavy atom. The first-order valence-electron chi connectivity index (χ1n) is 6.77. The smallest absolute Gasteiger partial charge is 0.0251 e. The second kappa shape index (κ2) is 5.65. The lowest BCUT2D eigenvalue weighted by molar-refractivity contribution is 0.147. The van der Waals surface area contributed by atoms with Crippen molar-refractivity contribution in [2.24, 2.45) is 11.7 Å². The normalized spacial score (nSPS) is 19.0. The summed E-state index contributed by atoms with van der Waals surface area (Å²) in [6, 6.07) is 9.29. The van der Waals surface area contributed by atoms with Gasteiger partial charge in [0.2, 0.25) is 0 Å². The van der Waals surface area contributed by atoms with Gasteiger partial charge in [0.05, 0.1) is 0 Å². The van der Waals surface area contributed by atoms with Gasteiger partial charge in [-0.1, -0.05) is 44.5 Å². The minimum Gasteiger partial charge on any atom is -0.329 e. The van der Waals surface area contributed by atoms with Crippen molar-refractivity contribution in [3.8, 4) is 0 Å². The number of rotatable bonds is 5. The summed E-state index contributed by atoms with van der Waals surface area (Å²) < 4.78 is 0. The Morgan fingerprint density at radius 1 is 1.24 bits per heavy atom. The van der Waals surface area contributed by atoms with Crippen LogP contribution in [0, 0.1) is 5.92 Å². The van der Waals surface area contributed by atoms with Gasteiger partial charge in [0.25, 0.3) is 0 Å². The summed E-state index contributed by atoms with van der Waals surface area (Å²) in [4.78, 5) is 2.55. The molecule has 2 rings (SSSR count). The van der Waals surface area contributed by atoms with Crippen molar-refractivity contribution in [3.63, 3.8) is 0 Å². The van der Waals surface area contributed by atoms with Crippen molar-refractivity contribution >= 4 is 0 Å². The zero-order valence-electron chi connectivity index (χ0n) is 11.0. The molecule has 0 fully saturated rings. The molecule has 0 aliphatic carbocycles. The number of fused-ring (bicyclic) bond motifs is 1. The zero-order chi connectivity index (χ0) is 12.3. The second-order valence-electron chi connectivity index (χ2n) is 5.24. The molecule has 17 heavy (non-hydrogen) atoms. The molecule has 2 heteroatoms. The fourth-order valence-corrected chi connectivity index (χ4v) is 2.98. The van der Waals surface area contributed by atoms with E-state index in [1.165, 1.54) is 24.0 Å². The molecule has 0 radical (unpaired) electrons. The molecular formula is C15H24N2. The molecule has 0 spiro atoms. The lowest BCUT2D eigenvalue weighted by Crippen LogP contribution is -2.41. The minimum absolute atomic E-state index is 0.530. The first-order valence-corrected chi connectivity index (χ1v) is 6.77. The fourth-order valence-electron chi connectivity index (χ4n) is 2.98. The number of hydrogen-bond acceptors (Lipinski definition) is 2. The van der Waals surface area contributed by atoms with Crippen molar-refractivity contribution in [2.45, 2.75) is 45.8 Å². The van der Waals surface area contributed by atoms with Gasteiger partial charge in [0.15, 0.2) is 0 Å². The van der Waals surface area contributed by atoms with Gasteiger partial charge in [-0.15, -0.1) is 0 Å². The third-order valence-corrected chi connectivity index (χ3v) is 3.98. The van der Waals surface area contributed by atoms with E-state index >= 15 is 0 Å². The number of nitrogens with zero attached hydrogens (tertiary/aromatic N) is 1. The second-order valence-corrected chi connectivity index (χ2v) is 5.24. The minimum atomic E-state index is 0.530. The average Bonchev–Trinajstić information content (AvgIpc) is 2.73. The van der Waals surface area contributed by atoms with Gasteiger partial charge in [0, 0.05) is 25.7 Å². The van der Waals surface area contributed by atoms with Gasteiger partial charge in [-0.2, -0.15) is 0 Å². The van der Waals surface area contributed by atoms with Crippen molar-refractivity contribution in [2.75, 3.05) is 6.54 Å². The topological polar surface area (TPSA) is 29.3 Å². The number of benzene rings is 1. The van der Waals surface area contributed by atoms with Crippen LogP contribution in [0.3, 0.4) is 0 Å². The van der Waals surface area contributed by atoms with Gasteiger partial charge in [-0.25, -0.2) is 0 Å². The Hall–Kier alpha value is -0.860. The highest BCUT2D eigenvalue weighted by Crippen LogP contribution is 2.27. The molecule has 2 nitrogen and oxygen atoms in total. The predicted molar refractivity (Wildman–Crippen MR) is 72.6 cm³/mol. The number of nitrogens with two attached hydrogens (primary N) is 1. The van der Waals surface area contributed by atoms with E-state index in [1.807, 2.05) is 0 Å². The van der Waals surface area contributed by atoms with E-state index in [0.717, 1.165) is 19.6 Å². The molecule has 1 aliphatic rings. The molecule has 0 bridgehead atoms. The van der Waals surface area contributed by atoms with E-state index in [4.69, 9.17) is 5.73 Å². The molecule has 1 aromatic carbocycles. The van der Waals surface area contributed by atoms with Crippen molar-refractivity contribution < 1.29 is 0 Å². The largest absolute Gasteiger partial charge is 0.329 e. The lowest BCUT2D eigenvalue weighted by Gasteiger charge is -2.31. The van der Waals surface area contributed by atoms with Gasteiger partial charge in [0.1, 0.15) is 0 Å². The van der Waals surface area contributed by atoms with Crippen LogP contribution in [0.4, 0.5) is 0 Å². The number of hydrogen-bond donors (Lipinski definition) is 1.